The highest BCUT2D eigenvalue weighted by atomic mass is 32.2. The van der Waals surface area contributed by atoms with E-state index < -0.39 is 21.5 Å². The lowest BCUT2D eigenvalue weighted by Crippen LogP contribution is -2.45. The third-order valence-electron chi connectivity index (χ3n) is 2.71. The molecule has 20 heavy (non-hydrogen) atoms. The number of rotatable bonds is 5. The second kappa shape index (κ2) is 5.76. The fourth-order valence-corrected chi connectivity index (χ4v) is 3.57. The minimum Gasteiger partial charge on any atom is -0.478 e. The van der Waals surface area contributed by atoms with Gasteiger partial charge in [-0.3, -0.25) is 0 Å². The molecule has 0 unspecified atom stereocenters. The van der Waals surface area contributed by atoms with Crippen molar-refractivity contribution in [3.8, 4) is 0 Å². The van der Waals surface area contributed by atoms with Gasteiger partial charge in [-0.25, -0.2) is 13.2 Å². The number of carboxylic acid groups (broad SMARTS) is 1. The van der Waals surface area contributed by atoms with Gasteiger partial charge in [0.1, 0.15) is 0 Å². The van der Waals surface area contributed by atoms with E-state index in [1.54, 1.807) is 20.8 Å². The van der Waals surface area contributed by atoms with E-state index >= 15 is 0 Å². The molecular weight excluding hydrogens is 278 g/mol. The van der Waals surface area contributed by atoms with Gasteiger partial charge in [0.15, 0.2) is 0 Å². The van der Waals surface area contributed by atoms with Gasteiger partial charge in [-0.2, -0.15) is 4.31 Å². The third-order valence-corrected chi connectivity index (χ3v) is 4.84. The van der Waals surface area contributed by atoms with Crippen LogP contribution >= 0.6 is 0 Å². The van der Waals surface area contributed by atoms with Crippen LogP contribution in [0.2, 0.25) is 0 Å². The summed E-state index contributed by atoms with van der Waals surface area (Å²) in [6.45, 7) is 9.04. The Labute approximate surface area is 119 Å². The molecule has 0 spiro atoms. The summed E-state index contributed by atoms with van der Waals surface area (Å²) in [6.07, 6.45) is 1.50. The number of carboxylic acids is 1. The Kier molecular flexibility index (Phi) is 4.73. The molecule has 0 radical (unpaired) electrons. The third kappa shape index (κ3) is 3.46. The van der Waals surface area contributed by atoms with Crippen LogP contribution in [0, 0.1) is 0 Å². The molecule has 6 heteroatoms. The zero-order valence-corrected chi connectivity index (χ0v) is 12.6. The summed E-state index contributed by atoms with van der Waals surface area (Å²) in [6, 6.07) is 5.34. The molecule has 0 saturated carbocycles. The zero-order valence-electron chi connectivity index (χ0n) is 11.8. The number of nitrogens with zero attached hydrogens (tertiary/aromatic N) is 1. The maximum atomic E-state index is 12.6. The molecule has 0 aromatic heterocycles. The van der Waals surface area contributed by atoms with Gasteiger partial charge in [-0.05, 0) is 39.0 Å². The molecule has 1 N–H and O–H groups in total. The largest absolute Gasteiger partial charge is 0.478 e. The predicted octanol–water partition coefficient (Wildman–Crippen LogP) is 2.36. The van der Waals surface area contributed by atoms with Crippen LogP contribution in [0.15, 0.2) is 41.8 Å². The van der Waals surface area contributed by atoms with Crippen molar-refractivity contribution in [3.05, 3.63) is 42.5 Å². The maximum absolute atomic E-state index is 12.6. The Morgan fingerprint density at radius 1 is 1.40 bits per heavy atom. The molecule has 0 bridgehead atoms. The van der Waals surface area contributed by atoms with E-state index in [1.165, 1.54) is 34.6 Å². The molecule has 0 atom stereocenters. The van der Waals surface area contributed by atoms with Crippen molar-refractivity contribution in [2.45, 2.75) is 31.2 Å². The van der Waals surface area contributed by atoms with Crippen molar-refractivity contribution in [1.82, 2.24) is 4.31 Å². The molecule has 1 aromatic carbocycles. The quantitative estimate of drug-likeness (QED) is 0.847. The molecule has 1 rings (SSSR count). The molecular formula is C14H19NO4S. The summed E-state index contributed by atoms with van der Waals surface area (Å²) in [5.74, 6) is -1.16. The topological polar surface area (TPSA) is 74.7 Å². The molecule has 0 fully saturated rings. The van der Waals surface area contributed by atoms with E-state index in [0.717, 1.165) is 0 Å². The summed E-state index contributed by atoms with van der Waals surface area (Å²) < 4.78 is 26.5. The first-order valence-electron chi connectivity index (χ1n) is 6.08. The normalized spacial score (nSPS) is 12.4. The van der Waals surface area contributed by atoms with Crippen LogP contribution in [0.25, 0.3) is 0 Å². The molecule has 0 aliphatic heterocycles. The standard InChI is InChI=1S/C14H19NO4S/c1-5-9-15(14(2,3)4)20(18,19)12-8-6-7-11(10-12)13(16)17/h5-8,10H,1,9H2,2-4H3,(H,16,17). The lowest BCUT2D eigenvalue weighted by molar-refractivity contribution is 0.0696. The fourth-order valence-electron chi connectivity index (χ4n) is 1.77. The summed E-state index contributed by atoms with van der Waals surface area (Å²) in [7, 11) is -3.78. The highest BCUT2D eigenvalue weighted by Gasteiger charge is 2.33. The van der Waals surface area contributed by atoms with Crippen molar-refractivity contribution >= 4 is 16.0 Å². The van der Waals surface area contributed by atoms with Gasteiger partial charge < -0.3 is 5.11 Å². The van der Waals surface area contributed by atoms with E-state index in [9.17, 15) is 13.2 Å². The molecule has 5 nitrogen and oxygen atoms in total. The minimum atomic E-state index is -3.78. The summed E-state index contributed by atoms with van der Waals surface area (Å²) in [4.78, 5) is 10.9. The molecule has 0 amide bonds. The van der Waals surface area contributed by atoms with Crippen LogP contribution < -0.4 is 0 Å². The second-order valence-corrected chi connectivity index (χ2v) is 7.19. The van der Waals surface area contributed by atoms with Crippen LogP contribution in [0.1, 0.15) is 31.1 Å². The summed E-state index contributed by atoms with van der Waals surface area (Å²) >= 11 is 0. The van der Waals surface area contributed by atoms with E-state index in [1.807, 2.05) is 0 Å². The van der Waals surface area contributed by atoms with Gasteiger partial charge >= 0.3 is 5.97 Å². The van der Waals surface area contributed by atoms with Crippen molar-refractivity contribution in [1.29, 1.82) is 0 Å². The predicted molar refractivity (Wildman–Crippen MR) is 77.2 cm³/mol. The monoisotopic (exact) mass is 297 g/mol. The zero-order chi connectivity index (χ0) is 15.6. The number of aromatic carboxylic acids is 1. The van der Waals surface area contributed by atoms with E-state index in [4.69, 9.17) is 5.11 Å². The molecule has 0 aliphatic carbocycles. The van der Waals surface area contributed by atoms with Crippen LogP contribution in [0.3, 0.4) is 0 Å². The van der Waals surface area contributed by atoms with E-state index in [0.29, 0.717) is 0 Å². The van der Waals surface area contributed by atoms with Crippen molar-refractivity contribution < 1.29 is 18.3 Å². The lowest BCUT2D eigenvalue weighted by atomic mass is 10.1. The van der Waals surface area contributed by atoms with Crippen LogP contribution in [-0.4, -0.2) is 35.9 Å². The number of hydrogen-bond donors (Lipinski definition) is 1. The molecule has 0 saturated heterocycles. The molecule has 110 valence electrons. The maximum Gasteiger partial charge on any atom is 0.335 e. The van der Waals surface area contributed by atoms with Gasteiger partial charge in [-0.15, -0.1) is 6.58 Å². The van der Waals surface area contributed by atoms with Gasteiger partial charge in [0.2, 0.25) is 10.0 Å². The average molecular weight is 297 g/mol. The first-order valence-corrected chi connectivity index (χ1v) is 7.52. The van der Waals surface area contributed by atoms with Crippen LogP contribution in [-0.2, 0) is 10.0 Å². The van der Waals surface area contributed by atoms with Gasteiger partial charge in [0, 0.05) is 12.1 Å². The van der Waals surface area contributed by atoms with Crippen molar-refractivity contribution in [2.24, 2.45) is 0 Å². The Morgan fingerprint density at radius 2 is 2.00 bits per heavy atom. The molecule has 0 heterocycles. The average Bonchev–Trinajstić information content (AvgIpc) is 2.34. The first-order chi connectivity index (χ1) is 9.10. The van der Waals surface area contributed by atoms with Gasteiger partial charge in [0.05, 0.1) is 10.5 Å². The fraction of sp³-hybridized carbons (Fsp3) is 0.357. The Balaban J connectivity index is 3.37. The number of hydrogen-bond acceptors (Lipinski definition) is 3. The SMILES string of the molecule is C=CCN(C(C)(C)C)S(=O)(=O)c1cccc(C(=O)O)c1. The molecule has 1 aromatic rings. The Morgan fingerprint density at radius 3 is 2.45 bits per heavy atom. The number of benzene rings is 1. The second-order valence-electron chi connectivity index (χ2n) is 5.33. The van der Waals surface area contributed by atoms with E-state index in [2.05, 4.69) is 6.58 Å². The van der Waals surface area contributed by atoms with Gasteiger partial charge in [-0.1, -0.05) is 12.1 Å². The molecule has 0 aliphatic rings. The minimum absolute atomic E-state index is 0.0332. The van der Waals surface area contributed by atoms with Crippen molar-refractivity contribution in [2.75, 3.05) is 6.54 Å². The highest BCUT2D eigenvalue weighted by molar-refractivity contribution is 7.89. The number of carbonyl (C=O) groups is 1. The number of sulfonamides is 1. The summed E-state index contributed by atoms with van der Waals surface area (Å²) in [5, 5.41) is 8.95. The van der Waals surface area contributed by atoms with E-state index in [-0.39, 0.29) is 17.0 Å². The summed E-state index contributed by atoms with van der Waals surface area (Å²) in [5.41, 5.74) is -0.690. The van der Waals surface area contributed by atoms with Crippen LogP contribution in [0.5, 0.6) is 0 Å². The highest BCUT2D eigenvalue weighted by Crippen LogP contribution is 2.24. The Bertz CT molecular complexity index is 614. The van der Waals surface area contributed by atoms with Crippen molar-refractivity contribution in [3.63, 3.8) is 0 Å². The smallest absolute Gasteiger partial charge is 0.335 e. The Hall–Kier alpha value is -1.66. The van der Waals surface area contributed by atoms with Crippen LogP contribution in [0.4, 0.5) is 0 Å². The lowest BCUT2D eigenvalue weighted by Gasteiger charge is -2.33. The first kappa shape index (κ1) is 16.4. The van der Waals surface area contributed by atoms with Gasteiger partial charge in [0.25, 0.3) is 0 Å².